The number of hydrogen-bond donors (Lipinski definition) is 1. The maximum absolute atomic E-state index is 12.5. The molecular formula is C20H23N3OS. The van der Waals surface area contributed by atoms with E-state index in [9.17, 15) is 4.79 Å². The van der Waals surface area contributed by atoms with E-state index in [1.807, 2.05) is 41.3 Å². The Morgan fingerprint density at radius 1 is 0.920 bits per heavy atom. The number of thiocarbonyl (C=S) groups is 1. The van der Waals surface area contributed by atoms with Crippen LogP contribution in [0.15, 0.2) is 48.5 Å². The van der Waals surface area contributed by atoms with Gasteiger partial charge in [-0.3, -0.25) is 4.79 Å². The van der Waals surface area contributed by atoms with Gasteiger partial charge in [0, 0.05) is 37.4 Å². The number of aryl methyl sites for hydroxylation is 2. The molecule has 3 rings (SSSR count). The maximum Gasteiger partial charge on any atom is 0.253 e. The molecule has 130 valence electrons. The molecule has 1 saturated heterocycles. The highest BCUT2D eigenvalue weighted by atomic mass is 32.1. The normalized spacial score (nSPS) is 14.3. The molecule has 0 spiro atoms. The Labute approximate surface area is 154 Å². The first-order valence-corrected chi connectivity index (χ1v) is 8.93. The largest absolute Gasteiger partial charge is 0.345 e. The van der Waals surface area contributed by atoms with Crippen molar-refractivity contribution in [3.05, 3.63) is 65.2 Å². The molecule has 2 aromatic rings. The van der Waals surface area contributed by atoms with E-state index in [-0.39, 0.29) is 5.91 Å². The van der Waals surface area contributed by atoms with Crippen molar-refractivity contribution in [3.8, 4) is 0 Å². The van der Waals surface area contributed by atoms with Gasteiger partial charge in [0.15, 0.2) is 5.11 Å². The van der Waals surface area contributed by atoms with Gasteiger partial charge in [-0.25, -0.2) is 0 Å². The summed E-state index contributed by atoms with van der Waals surface area (Å²) >= 11 is 5.54. The molecule has 0 bridgehead atoms. The first kappa shape index (κ1) is 17.4. The van der Waals surface area contributed by atoms with Crippen molar-refractivity contribution in [1.29, 1.82) is 0 Å². The number of hydrogen-bond acceptors (Lipinski definition) is 2. The fourth-order valence-corrected chi connectivity index (χ4v) is 3.20. The van der Waals surface area contributed by atoms with Gasteiger partial charge in [-0.15, -0.1) is 0 Å². The van der Waals surface area contributed by atoms with Crippen LogP contribution in [0.1, 0.15) is 21.5 Å². The minimum absolute atomic E-state index is 0.0910. The van der Waals surface area contributed by atoms with Crippen molar-refractivity contribution in [2.24, 2.45) is 0 Å². The molecule has 5 heteroatoms. The molecule has 0 unspecified atom stereocenters. The standard InChI is InChI=1S/C20H23N3OS/c1-15-8-9-18(14-16(15)2)21-20(25)23-12-10-22(11-13-23)19(24)17-6-4-3-5-7-17/h3-9,14H,10-13H2,1-2H3,(H,21,25). The van der Waals surface area contributed by atoms with E-state index in [0.29, 0.717) is 13.1 Å². The van der Waals surface area contributed by atoms with E-state index in [2.05, 4.69) is 36.2 Å². The van der Waals surface area contributed by atoms with E-state index in [4.69, 9.17) is 12.2 Å². The average molecular weight is 353 g/mol. The van der Waals surface area contributed by atoms with Crippen LogP contribution in [0.3, 0.4) is 0 Å². The zero-order chi connectivity index (χ0) is 17.8. The summed E-state index contributed by atoms with van der Waals surface area (Å²) in [6, 6.07) is 15.7. The Morgan fingerprint density at radius 2 is 1.56 bits per heavy atom. The van der Waals surface area contributed by atoms with E-state index >= 15 is 0 Å². The van der Waals surface area contributed by atoms with Gasteiger partial charge in [-0.05, 0) is 61.5 Å². The number of nitrogens with zero attached hydrogens (tertiary/aromatic N) is 2. The highest BCUT2D eigenvalue weighted by molar-refractivity contribution is 7.80. The molecule has 1 aliphatic rings. The predicted octanol–water partition coefficient (Wildman–Crippen LogP) is 3.46. The lowest BCUT2D eigenvalue weighted by atomic mass is 10.1. The van der Waals surface area contributed by atoms with Gasteiger partial charge in [0.2, 0.25) is 0 Å². The number of benzene rings is 2. The van der Waals surface area contributed by atoms with Crippen molar-refractivity contribution < 1.29 is 4.79 Å². The van der Waals surface area contributed by atoms with Crippen LogP contribution in [0, 0.1) is 13.8 Å². The van der Waals surface area contributed by atoms with Crippen molar-refractivity contribution in [2.45, 2.75) is 13.8 Å². The number of nitrogens with one attached hydrogen (secondary N) is 1. The second kappa shape index (κ2) is 7.66. The molecule has 4 nitrogen and oxygen atoms in total. The van der Waals surface area contributed by atoms with Gasteiger partial charge in [0.1, 0.15) is 0 Å². The fourth-order valence-electron chi connectivity index (χ4n) is 2.90. The molecule has 25 heavy (non-hydrogen) atoms. The number of rotatable bonds is 2. The van der Waals surface area contributed by atoms with Gasteiger partial charge in [0.05, 0.1) is 0 Å². The Kier molecular flexibility index (Phi) is 5.34. The van der Waals surface area contributed by atoms with Crippen LogP contribution in [0.5, 0.6) is 0 Å². The minimum atomic E-state index is 0.0910. The summed E-state index contributed by atoms with van der Waals surface area (Å²) in [7, 11) is 0. The number of carbonyl (C=O) groups is 1. The fraction of sp³-hybridized carbons (Fsp3) is 0.300. The van der Waals surface area contributed by atoms with Crippen molar-refractivity contribution >= 4 is 28.9 Å². The van der Waals surface area contributed by atoms with Crippen molar-refractivity contribution in [3.63, 3.8) is 0 Å². The summed E-state index contributed by atoms with van der Waals surface area (Å²) in [5.74, 6) is 0.0910. The van der Waals surface area contributed by atoms with Crippen LogP contribution < -0.4 is 5.32 Å². The summed E-state index contributed by atoms with van der Waals surface area (Å²) in [5, 5.41) is 4.03. The SMILES string of the molecule is Cc1ccc(NC(=S)N2CCN(C(=O)c3ccccc3)CC2)cc1C. The summed E-state index contributed by atoms with van der Waals surface area (Å²) < 4.78 is 0. The summed E-state index contributed by atoms with van der Waals surface area (Å²) in [6.45, 7) is 7.05. The molecule has 1 aliphatic heterocycles. The van der Waals surface area contributed by atoms with Crippen LogP contribution in [-0.4, -0.2) is 47.0 Å². The molecule has 1 N–H and O–H groups in total. The first-order chi connectivity index (χ1) is 12.0. The molecule has 0 aromatic heterocycles. The van der Waals surface area contributed by atoms with Crippen LogP contribution >= 0.6 is 12.2 Å². The second-order valence-electron chi connectivity index (χ2n) is 6.37. The van der Waals surface area contributed by atoms with Gasteiger partial charge in [0.25, 0.3) is 5.91 Å². The van der Waals surface area contributed by atoms with Gasteiger partial charge < -0.3 is 15.1 Å². The van der Waals surface area contributed by atoms with Crippen LogP contribution in [0.2, 0.25) is 0 Å². The van der Waals surface area contributed by atoms with Crippen LogP contribution in [0.4, 0.5) is 5.69 Å². The molecule has 0 atom stereocenters. The highest BCUT2D eigenvalue weighted by Crippen LogP contribution is 2.16. The number of amides is 1. The Balaban J connectivity index is 1.55. The number of anilines is 1. The van der Waals surface area contributed by atoms with Crippen LogP contribution in [-0.2, 0) is 0 Å². The second-order valence-corrected chi connectivity index (χ2v) is 6.76. The van der Waals surface area contributed by atoms with Gasteiger partial charge >= 0.3 is 0 Å². The van der Waals surface area contributed by atoms with E-state index in [0.717, 1.165) is 29.5 Å². The molecule has 1 amide bonds. The third-order valence-electron chi connectivity index (χ3n) is 4.63. The zero-order valence-corrected chi connectivity index (χ0v) is 15.5. The lowest BCUT2D eigenvalue weighted by Crippen LogP contribution is -2.51. The molecule has 0 aliphatic carbocycles. The van der Waals surface area contributed by atoms with Crippen molar-refractivity contribution in [2.75, 3.05) is 31.5 Å². The predicted molar refractivity (Wildman–Crippen MR) is 106 cm³/mol. The zero-order valence-electron chi connectivity index (χ0n) is 14.7. The smallest absolute Gasteiger partial charge is 0.253 e. The topological polar surface area (TPSA) is 35.6 Å². The number of carbonyl (C=O) groups excluding carboxylic acids is 1. The van der Waals surface area contributed by atoms with Crippen molar-refractivity contribution in [1.82, 2.24) is 9.80 Å². The maximum atomic E-state index is 12.5. The average Bonchev–Trinajstić information content (AvgIpc) is 2.65. The van der Waals surface area contributed by atoms with Crippen LogP contribution in [0.25, 0.3) is 0 Å². The molecule has 0 radical (unpaired) electrons. The summed E-state index contributed by atoms with van der Waals surface area (Å²) in [5.41, 5.74) is 4.26. The summed E-state index contributed by atoms with van der Waals surface area (Å²) in [6.07, 6.45) is 0. The van der Waals surface area contributed by atoms with E-state index < -0.39 is 0 Å². The molecule has 1 fully saturated rings. The third-order valence-corrected chi connectivity index (χ3v) is 4.99. The lowest BCUT2D eigenvalue weighted by Gasteiger charge is -2.36. The Morgan fingerprint density at radius 3 is 2.20 bits per heavy atom. The molecule has 1 heterocycles. The molecule has 0 saturated carbocycles. The monoisotopic (exact) mass is 353 g/mol. The third kappa shape index (κ3) is 4.17. The van der Waals surface area contributed by atoms with E-state index in [1.165, 1.54) is 11.1 Å². The Hall–Kier alpha value is -2.40. The lowest BCUT2D eigenvalue weighted by molar-refractivity contribution is 0.0693. The van der Waals surface area contributed by atoms with Gasteiger partial charge in [-0.1, -0.05) is 24.3 Å². The Bertz CT molecular complexity index is 768. The summed E-state index contributed by atoms with van der Waals surface area (Å²) in [4.78, 5) is 16.5. The number of piperazine rings is 1. The minimum Gasteiger partial charge on any atom is -0.345 e. The molecular weight excluding hydrogens is 330 g/mol. The first-order valence-electron chi connectivity index (χ1n) is 8.52. The highest BCUT2D eigenvalue weighted by Gasteiger charge is 2.23. The van der Waals surface area contributed by atoms with Gasteiger partial charge in [-0.2, -0.15) is 0 Å². The quantitative estimate of drug-likeness (QED) is 0.839. The van der Waals surface area contributed by atoms with E-state index in [1.54, 1.807) is 0 Å². The molecule has 2 aromatic carbocycles.